The predicted molar refractivity (Wildman–Crippen MR) is 108 cm³/mol. The summed E-state index contributed by atoms with van der Waals surface area (Å²) in [5.74, 6) is 0.794. The molecule has 146 valence electrons. The fourth-order valence-electron chi connectivity index (χ4n) is 4.16. The van der Waals surface area contributed by atoms with Crippen LogP contribution in [-0.4, -0.2) is 36.5 Å². The van der Waals surface area contributed by atoms with Crippen molar-refractivity contribution in [3.05, 3.63) is 53.6 Å². The van der Waals surface area contributed by atoms with Crippen molar-refractivity contribution in [2.45, 2.75) is 38.0 Å². The topological polar surface area (TPSA) is 77.2 Å². The summed E-state index contributed by atoms with van der Waals surface area (Å²) in [6, 6.07) is 14.1. The van der Waals surface area contributed by atoms with Crippen LogP contribution in [0.4, 0.5) is 0 Å². The van der Waals surface area contributed by atoms with Crippen LogP contribution in [0.3, 0.4) is 0 Å². The Labute approximate surface area is 165 Å². The Kier molecular flexibility index (Phi) is 4.19. The van der Waals surface area contributed by atoms with E-state index in [9.17, 15) is 4.79 Å². The average Bonchev–Trinajstić information content (AvgIpc) is 2.85. The molecule has 4 rings (SSSR count). The zero-order valence-corrected chi connectivity index (χ0v) is 16.7. The van der Waals surface area contributed by atoms with Gasteiger partial charge in [0.2, 0.25) is 0 Å². The lowest BCUT2D eigenvalue weighted by Crippen LogP contribution is -2.49. The van der Waals surface area contributed by atoms with Crippen molar-refractivity contribution >= 4 is 11.9 Å². The Bertz CT molecular complexity index is 983. The maximum atomic E-state index is 13.2. The van der Waals surface area contributed by atoms with E-state index in [0.717, 1.165) is 22.3 Å². The van der Waals surface area contributed by atoms with Gasteiger partial charge in [-0.25, -0.2) is 4.99 Å². The van der Waals surface area contributed by atoms with Crippen LogP contribution < -0.4 is 10.5 Å². The molecule has 1 atom stereocenters. The van der Waals surface area contributed by atoms with Gasteiger partial charge in [0.15, 0.2) is 11.5 Å². The van der Waals surface area contributed by atoms with Crippen molar-refractivity contribution in [1.82, 2.24) is 4.90 Å². The molecule has 28 heavy (non-hydrogen) atoms. The highest BCUT2D eigenvalue weighted by Crippen LogP contribution is 2.49. The number of fused-ring (bicyclic) bond motifs is 2. The molecule has 0 saturated carbocycles. The minimum atomic E-state index is -1.05. The molecule has 2 aromatic carbocycles. The van der Waals surface area contributed by atoms with Gasteiger partial charge in [-0.05, 0) is 48.7 Å². The van der Waals surface area contributed by atoms with E-state index in [-0.39, 0.29) is 11.9 Å². The number of nitrogens with zero attached hydrogens (tertiary/aromatic N) is 2. The third kappa shape index (κ3) is 2.85. The summed E-state index contributed by atoms with van der Waals surface area (Å²) >= 11 is 0. The molecule has 0 aliphatic carbocycles. The molecule has 1 unspecified atom stereocenters. The van der Waals surface area contributed by atoms with E-state index in [1.807, 2.05) is 50.2 Å². The molecule has 0 bridgehead atoms. The number of guanidine groups is 1. The highest BCUT2D eigenvalue weighted by Gasteiger charge is 2.55. The first kappa shape index (κ1) is 18.5. The molecule has 0 fully saturated rings. The summed E-state index contributed by atoms with van der Waals surface area (Å²) < 4.78 is 11.4. The van der Waals surface area contributed by atoms with Crippen LogP contribution >= 0.6 is 0 Å². The third-order valence-electron chi connectivity index (χ3n) is 5.37. The lowest BCUT2D eigenvalue weighted by Gasteiger charge is -2.41. The molecule has 2 N–H and O–H groups in total. The number of aliphatic imine (C=N–C) groups is 1. The van der Waals surface area contributed by atoms with Crippen molar-refractivity contribution in [3.63, 3.8) is 0 Å². The molecule has 1 spiro atoms. The van der Waals surface area contributed by atoms with Gasteiger partial charge in [-0.2, -0.15) is 0 Å². The number of likely N-dealkylation sites (N-methyl/N-ethyl adjacent to an activating group) is 1. The smallest absolute Gasteiger partial charge is 0.261 e. The first-order valence-electron chi connectivity index (χ1n) is 9.31. The summed E-state index contributed by atoms with van der Waals surface area (Å²) in [6.45, 7) is 4.48. The van der Waals surface area contributed by atoms with Crippen LogP contribution in [0, 0.1) is 0 Å². The third-order valence-corrected chi connectivity index (χ3v) is 5.37. The van der Waals surface area contributed by atoms with Crippen LogP contribution in [0.1, 0.15) is 31.4 Å². The maximum absolute atomic E-state index is 13.2. The van der Waals surface area contributed by atoms with Gasteiger partial charge in [-0.3, -0.25) is 9.69 Å². The molecule has 2 heterocycles. The lowest BCUT2D eigenvalue weighted by atomic mass is 9.77. The van der Waals surface area contributed by atoms with Gasteiger partial charge in [0, 0.05) is 26.1 Å². The van der Waals surface area contributed by atoms with Crippen molar-refractivity contribution in [2.24, 2.45) is 10.7 Å². The predicted octanol–water partition coefficient (Wildman–Crippen LogP) is 3.04. The monoisotopic (exact) mass is 379 g/mol. The minimum Gasteiger partial charge on any atom is -0.487 e. The van der Waals surface area contributed by atoms with E-state index in [0.29, 0.717) is 18.8 Å². The van der Waals surface area contributed by atoms with Gasteiger partial charge in [0.25, 0.3) is 5.91 Å². The maximum Gasteiger partial charge on any atom is 0.261 e. The summed E-state index contributed by atoms with van der Waals surface area (Å²) in [6.07, 6.45) is 0.435. The number of rotatable bonds is 3. The van der Waals surface area contributed by atoms with E-state index in [2.05, 4.69) is 11.1 Å². The Balaban J connectivity index is 1.87. The second-order valence-corrected chi connectivity index (χ2v) is 8.08. The van der Waals surface area contributed by atoms with Crippen LogP contribution in [0.5, 0.6) is 5.75 Å². The number of nitrogens with two attached hydrogens (primary N) is 1. The van der Waals surface area contributed by atoms with Crippen LogP contribution in [0.2, 0.25) is 0 Å². The molecule has 2 aromatic rings. The van der Waals surface area contributed by atoms with E-state index in [4.69, 9.17) is 15.2 Å². The Morgan fingerprint density at radius 2 is 1.96 bits per heavy atom. The number of hydrogen-bond acceptors (Lipinski definition) is 5. The van der Waals surface area contributed by atoms with Gasteiger partial charge >= 0.3 is 0 Å². The number of carbonyl (C=O) groups is 1. The summed E-state index contributed by atoms with van der Waals surface area (Å²) in [5.41, 5.74) is 8.34. The molecule has 0 radical (unpaired) electrons. The fourth-order valence-corrected chi connectivity index (χ4v) is 4.16. The first-order chi connectivity index (χ1) is 13.3. The SMILES string of the molecule is COCc1cccc(-c2ccc3c(c2)C2(CC(C)(C)O3)N=C(N)N(C)C2=O)c1. The Morgan fingerprint density at radius 1 is 1.21 bits per heavy atom. The lowest BCUT2D eigenvalue weighted by molar-refractivity contribution is -0.133. The Hall–Kier alpha value is -2.86. The average molecular weight is 379 g/mol. The number of methoxy groups -OCH3 is 1. The van der Waals surface area contributed by atoms with E-state index >= 15 is 0 Å². The molecule has 6 nitrogen and oxygen atoms in total. The molecule has 1 amide bonds. The van der Waals surface area contributed by atoms with Crippen molar-refractivity contribution in [2.75, 3.05) is 14.2 Å². The number of carbonyl (C=O) groups excluding carboxylic acids is 1. The number of hydrogen-bond donors (Lipinski definition) is 1. The van der Waals surface area contributed by atoms with Gasteiger partial charge in [0.05, 0.1) is 6.61 Å². The second-order valence-electron chi connectivity index (χ2n) is 8.08. The quantitative estimate of drug-likeness (QED) is 0.889. The number of ether oxygens (including phenoxy) is 2. The normalized spacial score (nSPS) is 22.8. The van der Waals surface area contributed by atoms with Crippen LogP contribution in [-0.2, 0) is 21.7 Å². The second kappa shape index (κ2) is 6.34. The van der Waals surface area contributed by atoms with E-state index < -0.39 is 11.1 Å². The highest BCUT2D eigenvalue weighted by molar-refractivity contribution is 6.07. The molecule has 2 aliphatic heterocycles. The molecule has 0 aromatic heterocycles. The van der Waals surface area contributed by atoms with Gasteiger partial charge < -0.3 is 15.2 Å². The molecule has 2 aliphatic rings. The van der Waals surface area contributed by atoms with E-state index in [1.165, 1.54) is 4.90 Å². The molecular weight excluding hydrogens is 354 g/mol. The van der Waals surface area contributed by atoms with Crippen LogP contribution in [0.15, 0.2) is 47.5 Å². The van der Waals surface area contributed by atoms with Gasteiger partial charge in [0.1, 0.15) is 11.4 Å². The van der Waals surface area contributed by atoms with Crippen molar-refractivity contribution in [3.8, 4) is 16.9 Å². The van der Waals surface area contributed by atoms with Crippen molar-refractivity contribution in [1.29, 1.82) is 0 Å². The number of benzene rings is 2. The van der Waals surface area contributed by atoms with Crippen LogP contribution in [0.25, 0.3) is 11.1 Å². The minimum absolute atomic E-state index is 0.118. The van der Waals surface area contributed by atoms with Gasteiger partial charge in [-0.15, -0.1) is 0 Å². The summed E-state index contributed by atoms with van der Waals surface area (Å²) in [7, 11) is 3.34. The largest absolute Gasteiger partial charge is 0.487 e. The Morgan fingerprint density at radius 3 is 2.64 bits per heavy atom. The molecule has 0 saturated heterocycles. The standard InChI is InChI=1S/C22H25N3O3/c1-21(2)13-22(19(26)25(3)20(23)24-22)17-11-16(8-9-18(17)28-21)15-7-5-6-14(10-15)12-27-4/h5-11H,12-13H2,1-4H3,(H2,23,24). The fraction of sp³-hybridized carbons (Fsp3) is 0.364. The molecular formula is C22H25N3O3. The molecule has 6 heteroatoms. The zero-order valence-electron chi connectivity index (χ0n) is 16.7. The van der Waals surface area contributed by atoms with Gasteiger partial charge in [-0.1, -0.05) is 24.3 Å². The number of amides is 1. The zero-order chi connectivity index (χ0) is 20.1. The first-order valence-corrected chi connectivity index (χ1v) is 9.31. The van der Waals surface area contributed by atoms with Crippen molar-refractivity contribution < 1.29 is 14.3 Å². The summed E-state index contributed by atoms with van der Waals surface area (Å²) in [4.78, 5) is 19.2. The van der Waals surface area contributed by atoms with E-state index in [1.54, 1.807) is 14.2 Å². The summed E-state index contributed by atoms with van der Waals surface area (Å²) in [5, 5.41) is 0. The highest BCUT2D eigenvalue weighted by atomic mass is 16.5.